The van der Waals surface area contributed by atoms with Crippen LogP contribution >= 0.6 is 11.3 Å². The molecule has 0 unspecified atom stereocenters. The first kappa shape index (κ1) is 23.5. The fraction of sp³-hybridized carbons (Fsp3) is 0.217. The fourth-order valence-corrected chi connectivity index (χ4v) is 5.77. The van der Waals surface area contributed by atoms with Crippen molar-refractivity contribution < 1.29 is 22.7 Å². The molecule has 0 aliphatic heterocycles. The molecular weight excluding hydrogens is 448 g/mol. The molecule has 7 nitrogen and oxygen atoms in total. The highest BCUT2D eigenvalue weighted by Gasteiger charge is 2.32. The zero-order valence-electron chi connectivity index (χ0n) is 18.0. The predicted octanol–water partition coefficient (Wildman–Crippen LogP) is 4.24. The first-order valence-electron chi connectivity index (χ1n) is 9.90. The van der Waals surface area contributed by atoms with Gasteiger partial charge in [-0.3, -0.25) is 9.10 Å². The number of methoxy groups -OCH3 is 1. The van der Waals surface area contributed by atoms with Crippen molar-refractivity contribution in [2.45, 2.75) is 25.2 Å². The van der Waals surface area contributed by atoms with Crippen LogP contribution in [0.15, 0.2) is 64.9 Å². The summed E-state index contributed by atoms with van der Waals surface area (Å²) in [7, 11) is -3.04. The number of thiophene rings is 1. The molecule has 0 aliphatic carbocycles. The second-order valence-corrected chi connectivity index (χ2v) is 9.80. The van der Waals surface area contributed by atoms with E-state index in [1.54, 1.807) is 36.4 Å². The first-order chi connectivity index (χ1) is 15.3. The largest absolute Gasteiger partial charge is 0.465 e. The van der Waals surface area contributed by atoms with E-state index in [4.69, 9.17) is 4.74 Å². The van der Waals surface area contributed by atoms with Crippen molar-refractivity contribution >= 4 is 44.6 Å². The van der Waals surface area contributed by atoms with Crippen LogP contribution in [0.1, 0.15) is 27.7 Å². The second-order valence-electron chi connectivity index (χ2n) is 7.05. The summed E-state index contributed by atoms with van der Waals surface area (Å²) in [5, 5.41) is 4.24. The maximum absolute atomic E-state index is 13.5. The number of esters is 1. The number of carbonyl (C=O) groups is 2. The molecule has 0 saturated heterocycles. The van der Waals surface area contributed by atoms with Crippen molar-refractivity contribution in [3.8, 4) is 0 Å². The Kier molecular flexibility index (Phi) is 7.32. The van der Waals surface area contributed by atoms with Crippen LogP contribution in [0.5, 0.6) is 0 Å². The summed E-state index contributed by atoms with van der Waals surface area (Å²) in [6.45, 7) is 3.45. The number of nitrogens with zero attached hydrogens (tertiary/aromatic N) is 1. The van der Waals surface area contributed by atoms with E-state index < -0.39 is 28.4 Å². The van der Waals surface area contributed by atoms with Crippen molar-refractivity contribution in [2.24, 2.45) is 0 Å². The molecule has 0 saturated carbocycles. The summed E-state index contributed by atoms with van der Waals surface area (Å²) in [4.78, 5) is 24.6. The average Bonchev–Trinajstić information content (AvgIpc) is 3.29. The van der Waals surface area contributed by atoms with Gasteiger partial charge in [-0.25, -0.2) is 13.2 Å². The van der Waals surface area contributed by atoms with E-state index in [0.717, 1.165) is 33.2 Å². The maximum atomic E-state index is 13.5. The summed E-state index contributed by atoms with van der Waals surface area (Å²) in [5.41, 5.74) is 2.95. The van der Waals surface area contributed by atoms with Crippen LogP contribution in [0.3, 0.4) is 0 Å². The molecular formula is C23H24N2O5S2. The van der Waals surface area contributed by atoms with Crippen molar-refractivity contribution in [3.05, 3.63) is 76.0 Å². The van der Waals surface area contributed by atoms with E-state index in [1.807, 2.05) is 26.0 Å². The number of hydrogen-bond donors (Lipinski definition) is 1. The van der Waals surface area contributed by atoms with Gasteiger partial charge in [-0.2, -0.15) is 0 Å². The van der Waals surface area contributed by atoms with Crippen LogP contribution in [-0.4, -0.2) is 33.9 Å². The van der Waals surface area contributed by atoms with Gasteiger partial charge in [-0.15, -0.1) is 11.3 Å². The minimum Gasteiger partial charge on any atom is -0.465 e. The highest BCUT2D eigenvalue weighted by molar-refractivity contribution is 7.93. The predicted molar refractivity (Wildman–Crippen MR) is 126 cm³/mol. The van der Waals surface area contributed by atoms with E-state index in [1.165, 1.54) is 18.6 Å². The number of ether oxygens (including phenoxy) is 1. The third-order valence-electron chi connectivity index (χ3n) is 4.82. The fourth-order valence-electron chi connectivity index (χ4n) is 3.04. The Balaban J connectivity index is 1.95. The van der Waals surface area contributed by atoms with Crippen LogP contribution in [-0.2, 0) is 26.0 Å². The van der Waals surface area contributed by atoms with Gasteiger partial charge in [0.05, 0.1) is 12.8 Å². The van der Waals surface area contributed by atoms with Crippen molar-refractivity contribution in [3.63, 3.8) is 0 Å². The smallest absolute Gasteiger partial charge is 0.349 e. The lowest BCUT2D eigenvalue weighted by molar-refractivity contribution is -0.114. The number of nitrogens with one attached hydrogen (secondary N) is 1. The number of rotatable bonds is 8. The third-order valence-corrected chi connectivity index (χ3v) is 7.66. The number of amides is 1. The maximum Gasteiger partial charge on any atom is 0.349 e. The molecule has 1 N–H and O–H groups in total. The van der Waals surface area contributed by atoms with Crippen LogP contribution in [0.2, 0.25) is 0 Å². The number of benzene rings is 2. The zero-order chi connectivity index (χ0) is 23.3. The standard InChI is InChI=1S/C23H24N2O5S2/c1-4-17-7-9-18(10-8-17)24-21(26)15-25(19-11-5-16(2)6-12-19)32(28,29)20-13-14-31-22(20)23(27)30-3/h5-14H,4,15H2,1-3H3,(H,24,26). The van der Waals surface area contributed by atoms with Gasteiger partial charge in [0.15, 0.2) is 0 Å². The molecule has 9 heteroatoms. The normalized spacial score (nSPS) is 11.1. The molecule has 0 radical (unpaired) electrons. The van der Waals surface area contributed by atoms with Gasteiger partial charge in [0.2, 0.25) is 5.91 Å². The highest BCUT2D eigenvalue weighted by atomic mass is 32.2. The lowest BCUT2D eigenvalue weighted by Gasteiger charge is -2.24. The van der Waals surface area contributed by atoms with Gasteiger partial charge in [0.25, 0.3) is 10.0 Å². The Morgan fingerprint density at radius 1 is 1.03 bits per heavy atom. The molecule has 0 atom stereocenters. The monoisotopic (exact) mass is 472 g/mol. The Bertz CT molecular complexity index is 1200. The molecule has 0 fully saturated rings. The van der Waals surface area contributed by atoms with Gasteiger partial charge >= 0.3 is 5.97 Å². The third kappa shape index (κ3) is 5.17. The average molecular weight is 473 g/mol. The van der Waals surface area contributed by atoms with Crippen molar-refractivity contribution in [1.29, 1.82) is 0 Å². The zero-order valence-corrected chi connectivity index (χ0v) is 19.6. The van der Waals surface area contributed by atoms with Crippen molar-refractivity contribution in [2.75, 3.05) is 23.3 Å². The molecule has 2 aromatic carbocycles. The van der Waals surface area contributed by atoms with Crippen LogP contribution in [0.25, 0.3) is 0 Å². The van der Waals surface area contributed by atoms with E-state index >= 15 is 0 Å². The topological polar surface area (TPSA) is 92.8 Å². The number of aryl methyl sites for hydroxylation is 2. The number of anilines is 2. The number of hydrogen-bond acceptors (Lipinski definition) is 6. The van der Waals surface area contributed by atoms with Gasteiger partial charge in [0.1, 0.15) is 16.3 Å². The molecule has 3 aromatic rings. The van der Waals surface area contributed by atoms with E-state index in [2.05, 4.69) is 5.32 Å². The summed E-state index contributed by atoms with van der Waals surface area (Å²) in [6.07, 6.45) is 0.872. The van der Waals surface area contributed by atoms with Crippen molar-refractivity contribution in [1.82, 2.24) is 0 Å². The van der Waals surface area contributed by atoms with E-state index in [-0.39, 0.29) is 9.77 Å². The van der Waals surface area contributed by atoms with Crippen LogP contribution < -0.4 is 9.62 Å². The van der Waals surface area contributed by atoms with Gasteiger partial charge in [0, 0.05) is 5.69 Å². The Labute approximate surface area is 191 Å². The summed E-state index contributed by atoms with van der Waals surface area (Å²) in [6, 6.07) is 15.5. The van der Waals surface area contributed by atoms with Crippen LogP contribution in [0, 0.1) is 6.92 Å². The highest BCUT2D eigenvalue weighted by Crippen LogP contribution is 2.29. The molecule has 1 amide bonds. The lowest BCUT2D eigenvalue weighted by atomic mass is 10.1. The molecule has 32 heavy (non-hydrogen) atoms. The number of sulfonamides is 1. The quantitative estimate of drug-likeness (QED) is 0.495. The van der Waals surface area contributed by atoms with Gasteiger partial charge < -0.3 is 10.1 Å². The minimum atomic E-state index is -4.23. The molecule has 3 rings (SSSR count). The Hall–Kier alpha value is -3.17. The SMILES string of the molecule is CCc1ccc(NC(=O)CN(c2ccc(C)cc2)S(=O)(=O)c2ccsc2C(=O)OC)cc1. The molecule has 1 aromatic heterocycles. The Morgan fingerprint density at radius 2 is 1.69 bits per heavy atom. The summed E-state index contributed by atoms with van der Waals surface area (Å²) in [5.74, 6) is -1.25. The van der Waals surface area contributed by atoms with Gasteiger partial charge in [-0.05, 0) is 54.6 Å². The molecule has 0 spiro atoms. The molecule has 0 aliphatic rings. The number of carbonyl (C=O) groups excluding carboxylic acids is 2. The Morgan fingerprint density at radius 3 is 2.28 bits per heavy atom. The van der Waals surface area contributed by atoms with E-state index in [9.17, 15) is 18.0 Å². The van der Waals surface area contributed by atoms with Gasteiger partial charge in [-0.1, -0.05) is 36.8 Å². The molecule has 168 valence electrons. The van der Waals surface area contributed by atoms with Crippen LogP contribution in [0.4, 0.5) is 11.4 Å². The second kappa shape index (κ2) is 9.97. The molecule has 1 heterocycles. The summed E-state index contributed by atoms with van der Waals surface area (Å²) >= 11 is 0.968. The molecule has 0 bridgehead atoms. The lowest BCUT2D eigenvalue weighted by Crippen LogP contribution is -2.38. The summed E-state index contributed by atoms with van der Waals surface area (Å²) < 4.78 is 32.8. The minimum absolute atomic E-state index is 0.0415. The van der Waals surface area contributed by atoms with E-state index in [0.29, 0.717) is 11.4 Å². The first-order valence-corrected chi connectivity index (χ1v) is 12.2.